The molecule has 1 saturated heterocycles. The number of cyclic esters (lactones) is 1. The molecule has 0 radical (unpaired) electrons. The molecule has 1 heterocycles. The van der Waals surface area contributed by atoms with Crippen molar-refractivity contribution >= 4 is 11.8 Å². The van der Waals surface area contributed by atoms with Crippen molar-refractivity contribution in [3.63, 3.8) is 0 Å². The van der Waals surface area contributed by atoms with E-state index in [0.29, 0.717) is 41.3 Å². The molecule has 3 saturated carbocycles. The van der Waals surface area contributed by atoms with Crippen molar-refractivity contribution in [1.82, 2.24) is 0 Å². The largest absolute Gasteiger partial charge is 0.462 e. The Balaban J connectivity index is 1.44. The highest BCUT2D eigenvalue weighted by Crippen LogP contribution is 2.74. The van der Waals surface area contributed by atoms with E-state index in [-0.39, 0.29) is 45.6 Å². The van der Waals surface area contributed by atoms with Crippen molar-refractivity contribution in [1.29, 1.82) is 0 Å². The molecule has 5 rings (SSSR count). The van der Waals surface area contributed by atoms with E-state index in [1.807, 2.05) is 0 Å². The molecule has 0 aromatic carbocycles. The van der Waals surface area contributed by atoms with Crippen LogP contribution in [0.15, 0.2) is 11.6 Å². The van der Waals surface area contributed by atoms with Crippen molar-refractivity contribution in [2.24, 2.45) is 69.0 Å². The van der Waals surface area contributed by atoms with Crippen LogP contribution in [0.2, 0.25) is 0 Å². The third-order valence-electron chi connectivity index (χ3n) is 14.2. The monoisotopic (exact) mass is 510 g/mol. The summed E-state index contributed by atoms with van der Waals surface area (Å²) in [7, 11) is 0. The highest BCUT2D eigenvalue weighted by molar-refractivity contribution is 5.94. The van der Waals surface area contributed by atoms with Gasteiger partial charge in [-0.2, -0.15) is 0 Å². The Morgan fingerprint density at radius 3 is 2.30 bits per heavy atom. The van der Waals surface area contributed by atoms with Crippen LogP contribution in [0, 0.1) is 69.0 Å². The van der Waals surface area contributed by atoms with Crippen molar-refractivity contribution in [3.05, 3.63) is 11.6 Å². The molecule has 3 heteroatoms. The van der Waals surface area contributed by atoms with Gasteiger partial charge in [-0.1, -0.05) is 67.9 Å². The topological polar surface area (TPSA) is 43.4 Å². The number of hydrogen-bond donors (Lipinski definition) is 0. The lowest BCUT2D eigenvalue weighted by Gasteiger charge is -2.62. The predicted octanol–water partition coefficient (Wildman–Crippen LogP) is 8.27. The number of rotatable bonds is 4. The smallest absolute Gasteiger partial charge is 0.309 e. The third-order valence-corrected chi connectivity index (χ3v) is 14.2. The molecular formula is C34H54O3. The van der Waals surface area contributed by atoms with Crippen LogP contribution in [0.25, 0.3) is 0 Å². The van der Waals surface area contributed by atoms with Crippen molar-refractivity contribution in [2.45, 2.75) is 120 Å². The minimum absolute atomic E-state index is 0.000758. The van der Waals surface area contributed by atoms with Gasteiger partial charge in [0.25, 0.3) is 0 Å². The molecule has 0 aromatic rings. The SMILES string of the molecule is C[C@@H]1C[C@H]2C(=O)C=C3C(CC[C@]4(C)[C@@H](C(C)(C)[C@H](C)C[C@H]5[C@H](C)C(=O)O[C@@H]5C)CC[C@@]34C)[C@@]2(C)C[C@@H]1C. The summed E-state index contributed by atoms with van der Waals surface area (Å²) in [5, 5.41) is 0. The quantitative estimate of drug-likeness (QED) is 0.357. The number of hydrogen-bond acceptors (Lipinski definition) is 3. The predicted molar refractivity (Wildman–Crippen MR) is 150 cm³/mol. The van der Waals surface area contributed by atoms with Crippen LogP contribution in [0.4, 0.5) is 0 Å². The fraction of sp³-hybridized carbons (Fsp3) is 0.882. The van der Waals surface area contributed by atoms with Crippen LogP contribution in [-0.4, -0.2) is 17.9 Å². The van der Waals surface area contributed by atoms with Crippen LogP contribution < -0.4 is 0 Å². The fourth-order valence-corrected chi connectivity index (χ4v) is 10.9. The second kappa shape index (κ2) is 8.69. The summed E-state index contributed by atoms with van der Waals surface area (Å²) >= 11 is 0. The number of carbonyl (C=O) groups excluding carboxylic acids is 2. The van der Waals surface area contributed by atoms with Crippen LogP contribution in [0.3, 0.4) is 0 Å². The number of fused-ring (bicyclic) bond motifs is 5. The number of allylic oxidation sites excluding steroid dienone is 2. The molecule has 1 unspecified atom stereocenters. The average molecular weight is 511 g/mol. The summed E-state index contributed by atoms with van der Waals surface area (Å²) in [5.74, 6) is 3.95. The van der Waals surface area contributed by atoms with Gasteiger partial charge >= 0.3 is 5.97 Å². The summed E-state index contributed by atoms with van der Waals surface area (Å²) in [6.45, 7) is 23.9. The molecule has 1 aliphatic heterocycles. The lowest BCUT2D eigenvalue weighted by atomic mass is 9.41. The second-order valence-electron chi connectivity index (χ2n) is 15.9. The molecule has 4 fully saturated rings. The maximum absolute atomic E-state index is 13.7. The molecule has 37 heavy (non-hydrogen) atoms. The zero-order chi connectivity index (χ0) is 27.3. The first kappa shape index (κ1) is 27.4. The Labute approximate surface area is 227 Å². The number of esters is 1. The zero-order valence-corrected chi connectivity index (χ0v) is 25.4. The van der Waals surface area contributed by atoms with Crippen LogP contribution in [0.5, 0.6) is 0 Å². The van der Waals surface area contributed by atoms with E-state index in [4.69, 9.17) is 4.74 Å². The van der Waals surface area contributed by atoms with Gasteiger partial charge in [-0.3, -0.25) is 9.59 Å². The van der Waals surface area contributed by atoms with Gasteiger partial charge in [0.2, 0.25) is 0 Å². The minimum Gasteiger partial charge on any atom is -0.462 e. The van der Waals surface area contributed by atoms with E-state index in [1.165, 1.54) is 37.7 Å². The lowest BCUT2D eigenvalue weighted by Crippen LogP contribution is -2.56. The van der Waals surface area contributed by atoms with Crippen molar-refractivity contribution < 1.29 is 14.3 Å². The van der Waals surface area contributed by atoms with Gasteiger partial charge in [0.05, 0.1) is 5.92 Å². The lowest BCUT2D eigenvalue weighted by molar-refractivity contribution is -0.143. The van der Waals surface area contributed by atoms with E-state index in [1.54, 1.807) is 0 Å². The molecule has 3 nitrogen and oxygen atoms in total. The van der Waals surface area contributed by atoms with E-state index in [2.05, 4.69) is 75.3 Å². The van der Waals surface area contributed by atoms with Gasteiger partial charge in [0.15, 0.2) is 5.78 Å². The fourth-order valence-electron chi connectivity index (χ4n) is 10.9. The standard InChI is InChI=1S/C34H54O3/c1-19-15-27-28(35)17-26-25(32(27,8)18-20(19)2)11-13-34(10)29(12-14-33(26,34)9)31(6,7)21(3)16-24-22(4)30(36)37-23(24)5/h17,19-25,27,29H,11-16,18H2,1-10H3/t19-,20+,21-,22+,23-,24+,25?,27+,29-,32-,33+,34-/m1/s1. The average Bonchev–Trinajstić information content (AvgIpc) is 3.23. The molecule has 208 valence electrons. The number of ketones is 1. The molecule has 0 N–H and O–H groups in total. The first-order valence-corrected chi connectivity index (χ1v) is 15.5. The van der Waals surface area contributed by atoms with Crippen LogP contribution >= 0.6 is 0 Å². The summed E-state index contributed by atoms with van der Waals surface area (Å²) in [6.07, 6.45) is 10.5. The molecule has 0 aromatic heterocycles. The molecule has 4 aliphatic carbocycles. The van der Waals surface area contributed by atoms with Crippen LogP contribution in [-0.2, 0) is 14.3 Å². The summed E-state index contributed by atoms with van der Waals surface area (Å²) < 4.78 is 5.60. The van der Waals surface area contributed by atoms with E-state index >= 15 is 0 Å². The third kappa shape index (κ3) is 3.71. The van der Waals surface area contributed by atoms with Gasteiger partial charge in [-0.05, 0) is 109 Å². The normalized spacial score (nSPS) is 50.6. The Bertz CT molecular complexity index is 993. The minimum atomic E-state index is -0.0200. The van der Waals surface area contributed by atoms with Gasteiger partial charge in [-0.15, -0.1) is 0 Å². The number of ether oxygens (including phenoxy) is 1. The molecular weight excluding hydrogens is 456 g/mol. The highest BCUT2D eigenvalue weighted by Gasteiger charge is 2.66. The highest BCUT2D eigenvalue weighted by atomic mass is 16.6. The van der Waals surface area contributed by atoms with Gasteiger partial charge in [0, 0.05) is 11.8 Å². The summed E-state index contributed by atoms with van der Waals surface area (Å²) in [4.78, 5) is 26.0. The summed E-state index contributed by atoms with van der Waals surface area (Å²) in [6, 6.07) is 0. The Morgan fingerprint density at radius 1 is 1.00 bits per heavy atom. The van der Waals surface area contributed by atoms with Crippen molar-refractivity contribution in [3.8, 4) is 0 Å². The Morgan fingerprint density at radius 2 is 1.68 bits per heavy atom. The Kier molecular flexibility index (Phi) is 6.45. The first-order valence-electron chi connectivity index (χ1n) is 15.5. The molecule has 0 amide bonds. The second-order valence-corrected chi connectivity index (χ2v) is 15.9. The molecule has 0 spiro atoms. The van der Waals surface area contributed by atoms with E-state index < -0.39 is 0 Å². The molecule has 0 bridgehead atoms. The Hall–Kier alpha value is -1.12. The van der Waals surface area contributed by atoms with E-state index in [9.17, 15) is 9.59 Å². The maximum Gasteiger partial charge on any atom is 0.309 e. The zero-order valence-electron chi connectivity index (χ0n) is 25.4. The molecule has 12 atom stereocenters. The summed E-state index contributed by atoms with van der Waals surface area (Å²) in [5.41, 5.74) is 2.10. The van der Waals surface area contributed by atoms with E-state index in [0.717, 1.165) is 12.8 Å². The van der Waals surface area contributed by atoms with Gasteiger partial charge in [-0.25, -0.2) is 0 Å². The first-order chi connectivity index (χ1) is 17.1. The maximum atomic E-state index is 13.7. The van der Waals surface area contributed by atoms with Crippen LogP contribution in [0.1, 0.15) is 114 Å². The van der Waals surface area contributed by atoms with Crippen molar-refractivity contribution in [2.75, 3.05) is 0 Å². The molecule has 5 aliphatic rings. The number of carbonyl (C=O) groups is 2. The van der Waals surface area contributed by atoms with Gasteiger partial charge in [0.1, 0.15) is 6.10 Å². The van der Waals surface area contributed by atoms with Gasteiger partial charge < -0.3 is 4.74 Å².